The zero-order chi connectivity index (χ0) is 20.7. The lowest BCUT2D eigenvalue weighted by Gasteiger charge is -2.10. The van der Waals surface area contributed by atoms with Crippen molar-refractivity contribution in [1.29, 1.82) is 0 Å². The van der Waals surface area contributed by atoms with E-state index in [1.807, 2.05) is 12.1 Å². The van der Waals surface area contributed by atoms with Crippen LogP contribution in [0, 0.1) is 9.65 Å². The maximum atomic E-state index is 14.2. The number of anilines is 1. The molecule has 4 aromatic rings. The Bertz CT molecular complexity index is 1260. The number of aromatic hydroxyl groups is 1. The Morgan fingerprint density at radius 2 is 2.00 bits per heavy atom. The quantitative estimate of drug-likeness (QED) is 0.286. The summed E-state index contributed by atoms with van der Waals surface area (Å²) in [6.45, 7) is 1.54. The van der Waals surface area contributed by atoms with E-state index >= 15 is 0 Å². The van der Waals surface area contributed by atoms with Crippen molar-refractivity contribution >= 4 is 51.3 Å². The second kappa shape index (κ2) is 8.03. The number of phenolic OH excluding ortho intramolecular Hbond substituents is 1. The minimum absolute atomic E-state index is 0.0638. The number of aryl methyl sites for hydroxylation is 1. The van der Waals surface area contributed by atoms with Gasteiger partial charge in [0.15, 0.2) is 26.0 Å². The molecule has 2 aromatic heterocycles. The Hall–Kier alpha value is -2.40. The highest BCUT2D eigenvalue weighted by Gasteiger charge is 2.21. The summed E-state index contributed by atoms with van der Waals surface area (Å²) in [5.41, 5.74) is 3.52. The van der Waals surface area contributed by atoms with E-state index in [0.717, 1.165) is 40.0 Å². The van der Waals surface area contributed by atoms with Crippen molar-refractivity contribution in [3.05, 3.63) is 57.7 Å². The molecule has 2 N–H and O–H groups in total. The summed E-state index contributed by atoms with van der Waals surface area (Å²) in [6.07, 6.45) is 0.687. The van der Waals surface area contributed by atoms with Gasteiger partial charge in [0.2, 0.25) is 0 Å². The maximum absolute atomic E-state index is 14.2. The average Bonchev–Trinajstić information content (AvgIpc) is 3.32. The maximum Gasteiger partial charge on any atom is 0.194 e. The predicted octanol–water partition coefficient (Wildman–Crippen LogP) is 4.70. The molecule has 0 atom stereocenters. The number of nitrogens with one attached hydrogen (secondary N) is 1. The highest BCUT2D eigenvalue weighted by Crippen LogP contribution is 2.33. The van der Waals surface area contributed by atoms with Gasteiger partial charge in [-0.2, -0.15) is 0 Å². The molecule has 1 aliphatic rings. The normalized spacial score (nSPS) is 13.0. The van der Waals surface area contributed by atoms with Gasteiger partial charge < -0.3 is 15.0 Å². The summed E-state index contributed by atoms with van der Waals surface area (Å²) in [5, 5.41) is 14.6. The molecular formula is C21H17FIN5OS. The van der Waals surface area contributed by atoms with E-state index in [-0.39, 0.29) is 11.6 Å². The minimum atomic E-state index is -0.355. The Morgan fingerprint density at radius 3 is 2.87 bits per heavy atom. The largest absolute Gasteiger partial charge is 0.507 e. The van der Waals surface area contributed by atoms with Crippen LogP contribution in [0.4, 0.5) is 10.2 Å². The Morgan fingerprint density at radius 1 is 1.13 bits per heavy atom. The molecule has 0 fully saturated rings. The second-order valence-corrected chi connectivity index (χ2v) is 8.94. The number of halogens is 2. The predicted molar refractivity (Wildman–Crippen MR) is 124 cm³/mol. The van der Waals surface area contributed by atoms with E-state index in [0.29, 0.717) is 27.9 Å². The van der Waals surface area contributed by atoms with Crippen molar-refractivity contribution in [2.75, 3.05) is 17.6 Å². The number of nitrogens with zero attached hydrogens (tertiary/aromatic N) is 4. The van der Waals surface area contributed by atoms with E-state index in [1.165, 1.54) is 6.07 Å². The molecule has 5 rings (SSSR count). The summed E-state index contributed by atoms with van der Waals surface area (Å²) in [5.74, 6) is 1.45. The Balaban J connectivity index is 1.37. The lowest BCUT2D eigenvalue weighted by atomic mass is 10.00. The number of aromatic nitrogens is 4. The van der Waals surface area contributed by atoms with Gasteiger partial charge >= 0.3 is 0 Å². The van der Waals surface area contributed by atoms with Crippen LogP contribution in [0.15, 0.2) is 47.6 Å². The molecule has 6 nitrogen and oxygen atoms in total. The first-order chi connectivity index (χ1) is 14.6. The van der Waals surface area contributed by atoms with Crippen molar-refractivity contribution in [3.63, 3.8) is 0 Å². The molecule has 2 aromatic carbocycles. The molecule has 0 aliphatic carbocycles. The number of imidazole rings is 1. The molecule has 0 spiro atoms. The highest BCUT2D eigenvalue weighted by atomic mass is 127. The van der Waals surface area contributed by atoms with Gasteiger partial charge in [0, 0.05) is 52.6 Å². The molecule has 1 aliphatic heterocycles. The molecule has 3 heterocycles. The number of hydrogen-bond donors (Lipinski definition) is 2. The number of hydrogen-bond acceptors (Lipinski definition) is 6. The van der Waals surface area contributed by atoms with Gasteiger partial charge in [0.05, 0.1) is 0 Å². The molecule has 0 saturated heterocycles. The summed E-state index contributed by atoms with van der Waals surface area (Å²) in [7, 11) is 0. The monoisotopic (exact) mass is 533 g/mol. The number of rotatable bonds is 5. The van der Waals surface area contributed by atoms with Crippen LogP contribution < -0.4 is 5.32 Å². The van der Waals surface area contributed by atoms with Crippen LogP contribution in [0.5, 0.6) is 5.75 Å². The lowest BCUT2D eigenvalue weighted by Crippen LogP contribution is -2.09. The first kappa shape index (κ1) is 19.6. The Kier molecular flexibility index (Phi) is 5.23. The van der Waals surface area contributed by atoms with Crippen molar-refractivity contribution in [3.8, 4) is 16.9 Å². The van der Waals surface area contributed by atoms with E-state index < -0.39 is 0 Å². The molecule has 0 bridgehead atoms. The zero-order valence-corrected chi connectivity index (χ0v) is 18.7. The summed E-state index contributed by atoms with van der Waals surface area (Å²) >= 11 is 3.85. The highest BCUT2D eigenvalue weighted by molar-refractivity contribution is 14.1. The zero-order valence-electron chi connectivity index (χ0n) is 15.8. The molecule has 0 radical (unpaired) electrons. The van der Waals surface area contributed by atoms with Crippen LogP contribution in [0.2, 0.25) is 0 Å². The van der Waals surface area contributed by atoms with Crippen LogP contribution in [0.1, 0.15) is 5.56 Å². The van der Waals surface area contributed by atoms with Crippen molar-refractivity contribution in [2.45, 2.75) is 18.1 Å². The fourth-order valence-electron chi connectivity index (χ4n) is 3.58. The summed E-state index contributed by atoms with van der Waals surface area (Å²) < 4.78 is 17.0. The summed E-state index contributed by atoms with van der Waals surface area (Å²) in [6, 6.07) is 11.7. The fraction of sp³-hybridized carbons (Fsp3) is 0.190. The van der Waals surface area contributed by atoms with E-state index in [2.05, 4.69) is 42.4 Å². The van der Waals surface area contributed by atoms with Crippen LogP contribution in [-0.4, -0.2) is 36.9 Å². The van der Waals surface area contributed by atoms with Crippen LogP contribution in [0.25, 0.3) is 22.3 Å². The third kappa shape index (κ3) is 3.60. The van der Waals surface area contributed by atoms with Gasteiger partial charge in [-0.05, 0) is 30.2 Å². The number of thioether (sulfide) groups is 1. The van der Waals surface area contributed by atoms with Crippen LogP contribution in [0.3, 0.4) is 0 Å². The molecule has 30 heavy (non-hydrogen) atoms. The molecule has 0 amide bonds. The molecule has 9 heteroatoms. The third-order valence-electron chi connectivity index (χ3n) is 5.01. The topological polar surface area (TPSA) is 75.9 Å². The van der Waals surface area contributed by atoms with Gasteiger partial charge in [-0.1, -0.05) is 36.0 Å². The Labute approximate surface area is 190 Å². The van der Waals surface area contributed by atoms with Gasteiger partial charge in [-0.25, -0.2) is 19.3 Å². The SMILES string of the molecule is Oc1ccc(CCNc2nc(I)nc3c2nc2n3CCS2)cc1-c1ccccc1F. The smallest absolute Gasteiger partial charge is 0.194 e. The van der Waals surface area contributed by atoms with Gasteiger partial charge in [0.25, 0.3) is 0 Å². The van der Waals surface area contributed by atoms with E-state index in [4.69, 9.17) is 4.98 Å². The third-order valence-corrected chi connectivity index (χ3v) is 6.45. The first-order valence-corrected chi connectivity index (χ1v) is 11.5. The molecular weight excluding hydrogens is 516 g/mol. The average molecular weight is 533 g/mol. The standard InChI is InChI=1S/C21H17FIN5OS/c22-15-4-2-1-3-13(15)14-11-12(5-6-16(14)29)7-8-24-18-17-19(27-20(23)26-18)28-9-10-30-21(28)25-17/h1-6,11,29H,7-10H2,(H,24,26,27). The molecule has 0 unspecified atom stereocenters. The van der Waals surface area contributed by atoms with Gasteiger partial charge in [-0.3, -0.25) is 0 Å². The van der Waals surface area contributed by atoms with Crippen LogP contribution >= 0.6 is 34.4 Å². The molecule has 152 valence electrons. The number of benzene rings is 2. The van der Waals surface area contributed by atoms with E-state index in [9.17, 15) is 9.50 Å². The minimum Gasteiger partial charge on any atom is -0.507 e. The number of phenols is 1. The van der Waals surface area contributed by atoms with Crippen molar-refractivity contribution < 1.29 is 9.50 Å². The first-order valence-electron chi connectivity index (χ1n) is 9.47. The van der Waals surface area contributed by atoms with Crippen molar-refractivity contribution in [1.82, 2.24) is 19.5 Å². The van der Waals surface area contributed by atoms with Crippen LogP contribution in [-0.2, 0) is 13.0 Å². The van der Waals surface area contributed by atoms with Gasteiger partial charge in [-0.15, -0.1) is 0 Å². The fourth-order valence-corrected chi connectivity index (χ4v) is 4.99. The number of fused-ring (bicyclic) bond motifs is 3. The lowest BCUT2D eigenvalue weighted by molar-refractivity contribution is 0.476. The molecule has 0 saturated carbocycles. The van der Waals surface area contributed by atoms with Gasteiger partial charge in [0.1, 0.15) is 11.6 Å². The second-order valence-electron chi connectivity index (χ2n) is 6.92. The van der Waals surface area contributed by atoms with E-state index in [1.54, 1.807) is 36.0 Å². The van der Waals surface area contributed by atoms with Crippen molar-refractivity contribution in [2.24, 2.45) is 0 Å². The summed E-state index contributed by atoms with van der Waals surface area (Å²) in [4.78, 5) is 13.8.